The van der Waals surface area contributed by atoms with E-state index in [4.69, 9.17) is 0 Å². The van der Waals surface area contributed by atoms with Gasteiger partial charge in [-0.1, -0.05) is 24.3 Å². The number of carbonyl (C=O) groups excluding carboxylic acids is 3. The van der Waals surface area contributed by atoms with Crippen molar-refractivity contribution >= 4 is 35.3 Å². The molecule has 1 heterocycles. The minimum atomic E-state index is -0.706. The first-order valence-corrected chi connectivity index (χ1v) is 12.6. The zero-order valence-electron chi connectivity index (χ0n) is 20.3. The van der Waals surface area contributed by atoms with Gasteiger partial charge in [0.1, 0.15) is 5.57 Å². The van der Waals surface area contributed by atoms with E-state index in [9.17, 15) is 14.4 Å². The van der Waals surface area contributed by atoms with Gasteiger partial charge in [0.05, 0.1) is 5.69 Å². The molecule has 5 aliphatic rings. The van der Waals surface area contributed by atoms with Crippen LogP contribution in [0.4, 0.5) is 16.2 Å². The van der Waals surface area contributed by atoms with Crippen LogP contribution in [0.25, 0.3) is 6.08 Å². The van der Waals surface area contributed by atoms with E-state index in [1.807, 2.05) is 55.4 Å². The smallest absolute Gasteiger partial charge is 0.335 e. The Kier molecular flexibility index (Phi) is 5.09. The predicted octanol–water partition coefficient (Wildman–Crippen LogP) is 4.89. The summed E-state index contributed by atoms with van der Waals surface area (Å²) in [6.45, 7) is 0. The Morgan fingerprint density at radius 3 is 1.97 bits per heavy atom. The summed E-state index contributed by atoms with van der Waals surface area (Å²) in [5, 5.41) is 2.33. The van der Waals surface area contributed by atoms with E-state index in [-0.39, 0.29) is 11.0 Å². The molecule has 1 aliphatic heterocycles. The van der Waals surface area contributed by atoms with Gasteiger partial charge in [0.25, 0.3) is 11.8 Å². The second-order valence-electron chi connectivity index (χ2n) is 11.2. The van der Waals surface area contributed by atoms with Crippen LogP contribution >= 0.6 is 0 Å². The molecule has 4 bridgehead atoms. The topological polar surface area (TPSA) is 69.7 Å². The average molecular weight is 470 g/mol. The third kappa shape index (κ3) is 3.76. The fraction of sp³-hybridized carbons (Fsp3) is 0.414. The van der Waals surface area contributed by atoms with Crippen molar-refractivity contribution in [2.24, 2.45) is 17.8 Å². The van der Waals surface area contributed by atoms with E-state index >= 15 is 0 Å². The maximum Gasteiger partial charge on any atom is 0.335 e. The number of nitrogens with zero attached hydrogens (tertiary/aromatic N) is 2. The minimum absolute atomic E-state index is 0.0487. The molecule has 2 aromatic rings. The lowest BCUT2D eigenvalue weighted by atomic mass is 9.48. The zero-order valence-corrected chi connectivity index (χ0v) is 20.3. The number of carbonyl (C=O) groups is 3. The van der Waals surface area contributed by atoms with Crippen molar-refractivity contribution in [3.63, 3.8) is 0 Å². The number of benzene rings is 2. The van der Waals surface area contributed by atoms with Crippen LogP contribution in [0.2, 0.25) is 0 Å². The van der Waals surface area contributed by atoms with E-state index in [0.29, 0.717) is 5.69 Å². The molecule has 0 atom stereocenters. The first-order valence-electron chi connectivity index (χ1n) is 12.6. The van der Waals surface area contributed by atoms with Gasteiger partial charge in [-0.25, -0.2) is 9.69 Å². The fourth-order valence-corrected chi connectivity index (χ4v) is 7.36. The van der Waals surface area contributed by atoms with Crippen molar-refractivity contribution in [3.8, 4) is 0 Å². The van der Waals surface area contributed by atoms with Crippen molar-refractivity contribution in [1.29, 1.82) is 0 Å². The number of amides is 4. The van der Waals surface area contributed by atoms with Crippen molar-refractivity contribution in [3.05, 3.63) is 65.2 Å². The Morgan fingerprint density at radius 2 is 1.43 bits per heavy atom. The van der Waals surface area contributed by atoms with Gasteiger partial charge in [-0.15, -0.1) is 0 Å². The fourth-order valence-electron chi connectivity index (χ4n) is 7.36. The third-order valence-electron chi connectivity index (χ3n) is 8.60. The van der Waals surface area contributed by atoms with Crippen molar-refractivity contribution in [2.75, 3.05) is 23.9 Å². The van der Waals surface area contributed by atoms with Crippen molar-refractivity contribution in [1.82, 2.24) is 5.32 Å². The van der Waals surface area contributed by atoms with E-state index < -0.39 is 17.8 Å². The maximum absolute atomic E-state index is 13.3. The molecule has 0 aromatic heterocycles. The molecule has 4 saturated carbocycles. The Labute approximate surface area is 206 Å². The molecule has 0 unspecified atom stereocenters. The number of imide groups is 2. The summed E-state index contributed by atoms with van der Waals surface area (Å²) in [7, 11) is 3.90. The lowest BCUT2D eigenvalue weighted by molar-refractivity contribution is -0.122. The minimum Gasteiger partial charge on any atom is -0.378 e. The van der Waals surface area contributed by atoms with Gasteiger partial charge in [0, 0.05) is 19.8 Å². The predicted molar refractivity (Wildman–Crippen MR) is 136 cm³/mol. The SMILES string of the molecule is CN(C)c1ccc(C=C2C(=O)NC(=O)N(c3ccc(C45CC6CC(CC(C6)C4)C5)cc3)C2=O)cc1. The average Bonchev–Trinajstić information content (AvgIpc) is 2.81. The van der Waals surface area contributed by atoms with Gasteiger partial charge >= 0.3 is 6.03 Å². The summed E-state index contributed by atoms with van der Waals surface area (Å²) in [6, 6.07) is 14.8. The highest BCUT2D eigenvalue weighted by atomic mass is 16.2. The summed E-state index contributed by atoms with van der Waals surface area (Å²) < 4.78 is 0. The number of hydrogen-bond donors (Lipinski definition) is 1. The van der Waals surface area contributed by atoms with E-state index in [0.717, 1.165) is 33.9 Å². The standard InChI is InChI=1S/C29H31N3O3/c1-31(2)23-7-3-18(4-8-23)14-25-26(33)30-28(35)32(27(25)34)24-9-5-22(6-10-24)29-15-19-11-20(16-29)13-21(12-19)17-29/h3-10,14,19-21H,11-13,15-17H2,1-2H3,(H,30,33,35). The molecule has 5 fully saturated rings. The molecule has 4 aliphatic carbocycles. The second-order valence-corrected chi connectivity index (χ2v) is 11.2. The lowest BCUT2D eigenvalue weighted by Gasteiger charge is -2.57. The maximum atomic E-state index is 13.3. The van der Waals surface area contributed by atoms with Gasteiger partial charge in [-0.05, 0) is 103 Å². The van der Waals surface area contributed by atoms with Gasteiger partial charge in [-0.2, -0.15) is 0 Å². The highest BCUT2D eigenvalue weighted by Gasteiger charge is 2.51. The van der Waals surface area contributed by atoms with E-state index in [2.05, 4.69) is 17.4 Å². The number of anilines is 2. The van der Waals surface area contributed by atoms with Crippen LogP contribution in [-0.2, 0) is 15.0 Å². The summed E-state index contributed by atoms with van der Waals surface area (Å²) in [5.74, 6) is 1.28. The highest BCUT2D eigenvalue weighted by molar-refractivity contribution is 6.39. The zero-order chi connectivity index (χ0) is 24.3. The Bertz CT molecular complexity index is 1190. The van der Waals surface area contributed by atoms with Gasteiger partial charge in [-0.3, -0.25) is 14.9 Å². The molecule has 4 amide bonds. The molecule has 7 rings (SSSR count). The monoisotopic (exact) mass is 469 g/mol. The molecule has 180 valence electrons. The largest absolute Gasteiger partial charge is 0.378 e. The normalized spacial score (nSPS) is 30.7. The number of nitrogens with one attached hydrogen (secondary N) is 1. The van der Waals surface area contributed by atoms with Crippen LogP contribution in [-0.4, -0.2) is 31.9 Å². The lowest BCUT2D eigenvalue weighted by Crippen LogP contribution is -2.54. The Hall–Kier alpha value is -3.41. The number of rotatable bonds is 4. The first kappa shape index (κ1) is 22.1. The second kappa shape index (κ2) is 8.08. The van der Waals surface area contributed by atoms with Crippen LogP contribution < -0.4 is 15.1 Å². The molecule has 1 saturated heterocycles. The van der Waals surface area contributed by atoms with Crippen LogP contribution in [0, 0.1) is 17.8 Å². The van der Waals surface area contributed by atoms with Crippen molar-refractivity contribution in [2.45, 2.75) is 43.9 Å². The van der Waals surface area contributed by atoms with Gasteiger partial charge in [0.2, 0.25) is 0 Å². The summed E-state index contributed by atoms with van der Waals surface area (Å²) in [5.41, 5.74) is 3.76. The molecule has 0 spiro atoms. The quantitative estimate of drug-likeness (QED) is 0.512. The molecule has 6 nitrogen and oxygen atoms in total. The van der Waals surface area contributed by atoms with Crippen LogP contribution in [0.15, 0.2) is 54.1 Å². The van der Waals surface area contributed by atoms with Gasteiger partial charge in [0.15, 0.2) is 0 Å². The summed E-state index contributed by atoms with van der Waals surface area (Å²) in [6.07, 6.45) is 9.49. The highest BCUT2D eigenvalue weighted by Crippen LogP contribution is 2.60. The molecule has 6 heteroatoms. The number of urea groups is 1. The molecule has 1 N–H and O–H groups in total. The molecule has 0 radical (unpaired) electrons. The van der Waals surface area contributed by atoms with Crippen LogP contribution in [0.3, 0.4) is 0 Å². The third-order valence-corrected chi connectivity index (χ3v) is 8.60. The van der Waals surface area contributed by atoms with Gasteiger partial charge < -0.3 is 4.90 Å². The first-order chi connectivity index (χ1) is 16.8. The molecular weight excluding hydrogens is 438 g/mol. The Morgan fingerprint density at radius 1 is 0.857 bits per heavy atom. The molecule has 2 aromatic carbocycles. The summed E-state index contributed by atoms with van der Waals surface area (Å²) in [4.78, 5) is 41.6. The number of barbiturate groups is 1. The van der Waals surface area contributed by atoms with E-state index in [1.54, 1.807) is 6.08 Å². The molecular formula is C29H31N3O3. The Balaban J connectivity index is 1.27. The summed E-state index contributed by atoms with van der Waals surface area (Å²) >= 11 is 0. The molecule has 35 heavy (non-hydrogen) atoms. The number of hydrogen-bond acceptors (Lipinski definition) is 4. The van der Waals surface area contributed by atoms with Crippen molar-refractivity contribution < 1.29 is 14.4 Å². The van der Waals surface area contributed by atoms with Crippen LogP contribution in [0.5, 0.6) is 0 Å². The van der Waals surface area contributed by atoms with Crippen LogP contribution in [0.1, 0.15) is 49.7 Å². The van der Waals surface area contributed by atoms with E-state index in [1.165, 1.54) is 44.1 Å².